The van der Waals surface area contributed by atoms with Gasteiger partial charge in [0, 0.05) is 19.4 Å². The lowest BCUT2D eigenvalue weighted by atomic mass is 9.66. The molecule has 1 aromatic carbocycles. The highest BCUT2D eigenvalue weighted by molar-refractivity contribution is 5.68. The molecule has 1 saturated heterocycles. The smallest absolute Gasteiger partial charge is 0.168 e. The molecule has 2 aliphatic rings. The Kier molecular flexibility index (Phi) is 4.22. The molecule has 23 heavy (non-hydrogen) atoms. The van der Waals surface area contributed by atoms with Crippen molar-refractivity contribution in [3.05, 3.63) is 23.8 Å². The number of ether oxygens (including phenoxy) is 2. The Hall–Kier alpha value is -1.77. The molecule has 124 valence electrons. The topological polar surface area (TPSA) is 80.3 Å². The molecule has 1 aliphatic carbocycles. The number of benzene rings is 1. The molecule has 5 heteroatoms. The average molecular weight is 315 g/mol. The summed E-state index contributed by atoms with van der Waals surface area (Å²) < 4.78 is 11.8. The minimum atomic E-state index is -0.387. The molecule has 0 radical (unpaired) electrons. The van der Waals surface area contributed by atoms with Crippen LogP contribution in [0.5, 0.6) is 0 Å². The van der Waals surface area contributed by atoms with Crippen molar-refractivity contribution in [3.63, 3.8) is 0 Å². The number of nitriles is 1. The van der Waals surface area contributed by atoms with Gasteiger partial charge in [-0.1, -0.05) is 13.8 Å². The van der Waals surface area contributed by atoms with Crippen LogP contribution in [0.3, 0.4) is 0 Å². The van der Waals surface area contributed by atoms with Crippen LogP contribution in [0.15, 0.2) is 18.2 Å². The van der Waals surface area contributed by atoms with E-state index >= 15 is 0 Å². The number of nitrogen functional groups attached to an aromatic ring is 1. The summed E-state index contributed by atoms with van der Waals surface area (Å²) in [6.45, 7) is 6.78. The van der Waals surface area contributed by atoms with E-state index in [0.717, 1.165) is 31.5 Å². The maximum Gasteiger partial charge on any atom is 0.168 e. The summed E-state index contributed by atoms with van der Waals surface area (Å²) in [5, 5.41) is 12.5. The molecule has 0 amide bonds. The first-order valence-corrected chi connectivity index (χ1v) is 8.26. The Labute approximate surface area is 137 Å². The van der Waals surface area contributed by atoms with Gasteiger partial charge in [0.25, 0.3) is 0 Å². The molecule has 2 fully saturated rings. The summed E-state index contributed by atoms with van der Waals surface area (Å²) in [5.41, 5.74) is 8.35. The van der Waals surface area contributed by atoms with E-state index in [2.05, 4.69) is 25.2 Å². The number of anilines is 2. The fourth-order valence-electron chi connectivity index (χ4n) is 3.59. The highest BCUT2D eigenvalue weighted by Crippen LogP contribution is 2.48. The van der Waals surface area contributed by atoms with Gasteiger partial charge in [0.15, 0.2) is 5.79 Å². The van der Waals surface area contributed by atoms with Crippen LogP contribution in [0.1, 0.15) is 38.7 Å². The Morgan fingerprint density at radius 2 is 2.04 bits per heavy atom. The van der Waals surface area contributed by atoms with Gasteiger partial charge < -0.3 is 20.5 Å². The third-order valence-corrected chi connectivity index (χ3v) is 5.35. The van der Waals surface area contributed by atoms with Crippen molar-refractivity contribution < 1.29 is 9.47 Å². The molecule has 1 unspecified atom stereocenters. The van der Waals surface area contributed by atoms with Gasteiger partial charge >= 0.3 is 0 Å². The Bertz CT molecular complexity index is 615. The first-order chi connectivity index (χ1) is 10.9. The number of nitrogens with one attached hydrogen (secondary N) is 1. The van der Waals surface area contributed by atoms with Gasteiger partial charge in [0.05, 0.1) is 36.2 Å². The monoisotopic (exact) mass is 315 g/mol. The molecule has 3 rings (SSSR count). The van der Waals surface area contributed by atoms with Gasteiger partial charge in [-0.15, -0.1) is 0 Å². The molecule has 1 heterocycles. The highest BCUT2D eigenvalue weighted by Gasteiger charge is 2.47. The van der Waals surface area contributed by atoms with Gasteiger partial charge in [-0.2, -0.15) is 5.26 Å². The lowest BCUT2D eigenvalue weighted by Gasteiger charge is -2.46. The Morgan fingerprint density at radius 3 is 2.74 bits per heavy atom. The molecular formula is C18H25N3O2. The molecule has 3 N–H and O–H groups in total. The fourth-order valence-corrected chi connectivity index (χ4v) is 3.59. The minimum absolute atomic E-state index is 0.217. The van der Waals surface area contributed by atoms with Gasteiger partial charge in [0.1, 0.15) is 0 Å². The summed E-state index contributed by atoms with van der Waals surface area (Å²) in [7, 11) is 0. The lowest BCUT2D eigenvalue weighted by Crippen LogP contribution is -2.46. The largest absolute Gasteiger partial charge is 0.397 e. The van der Waals surface area contributed by atoms with E-state index < -0.39 is 0 Å². The quantitative estimate of drug-likeness (QED) is 0.838. The molecule has 1 aromatic rings. The first kappa shape index (κ1) is 16.1. The van der Waals surface area contributed by atoms with E-state index in [1.54, 1.807) is 12.1 Å². The van der Waals surface area contributed by atoms with Crippen LogP contribution in [-0.4, -0.2) is 25.5 Å². The number of nitrogens with two attached hydrogens (primary N) is 1. The third-order valence-electron chi connectivity index (χ3n) is 5.35. The molecule has 0 aromatic heterocycles. The lowest BCUT2D eigenvalue weighted by molar-refractivity contribution is -0.202. The normalized spacial score (nSPS) is 25.2. The zero-order chi connectivity index (χ0) is 16.5. The second kappa shape index (κ2) is 6.03. The molecule has 1 spiro atoms. The van der Waals surface area contributed by atoms with Crippen molar-refractivity contribution in [3.8, 4) is 6.07 Å². The predicted octanol–water partition coefficient (Wildman–Crippen LogP) is 3.12. The van der Waals surface area contributed by atoms with Crippen molar-refractivity contribution in [2.75, 3.05) is 30.8 Å². The molecule has 1 aliphatic heterocycles. The number of hydrogen-bond donors (Lipinski definition) is 2. The molecule has 5 nitrogen and oxygen atoms in total. The van der Waals surface area contributed by atoms with Crippen LogP contribution < -0.4 is 11.1 Å². The van der Waals surface area contributed by atoms with Crippen LogP contribution in [0.25, 0.3) is 0 Å². The second-order valence-electron chi connectivity index (χ2n) is 7.29. The van der Waals surface area contributed by atoms with Gasteiger partial charge in [-0.05, 0) is 36.0 Å². The molecular weight excluding hydrogens is 290 g/mol. The van der Waals surface area contributed by atoms with Gasteiger partial charge in [-0.25, -0.2) is 0 Å². The summed E-state index contributed by atoms with van der Waals surface area (Å²) >= 11 is 0. The van der Waals surface area contributed by atoms with E-state index in [-0.39, 0.29) is 11.2 Å². The maximum atomic E-state index is 9.04. The van der Waals surface area contributed by atoms with Crippen LogP contribution in [0.2, 0.25) is 0 Å². The van der Waals surface area contributed by atoms with Crippen LogP contribution in [0.4, 0.5) is 11.4 Å². The number of hydrogen-bond acceptors (Lipinski definition) is 5. The van der Waals surface area contributed by atoms with E-state index in [4.69, 9.17) is 20.5 Å². The van der Waals surface area contributed by atoms with Crippen LogP contribution >= 0.6 is 0 Å². The Morgan fingerprint density at radius 1 is 1.30 bits per heavy atom. The Balaban J connectivity index is 1.71. The molecule has 0 bridgehead atoms. The van der Waals surface area contributed by atoms with Crippen LogP contribution in [-0.2, 0) is 9.47 Å². The summed E-state index contributed by atoms with van der Waals surface area (Å²) in [6, 6.07) is 7.47. The van der Waals surface area contributed by atoms with E-state index in [1.165, 1.54) is 0 Å². The van der Waals surface area contributed by atoms with Gasteiger partial charge in [0.2, 0.25) is 0 Å². The van der Waals surface area contributed by atoms with E-state index in [9.17, 15) is 0 Å². The van der Waals surface area contributed by atoms with Crippen molar-refractivity contribution >= 4 is 11.4 Å². The minimum Gasteiger partial charge on any atom is -0.397 e. The van der Waals surface area contributed by atoms with Crippen molar-refractivity contribution in [1.82, 2.24) is 0 Å². The molecule has 1 atom stereocenters. The van der Waals surface area contributed by atoms with E-state index in [0.29, 0.717) is 30.4 Å². The summed E-state index contributed by atoms with van der Waals surface area (Å²) in [5.74, 6) is 0.0292. The highest BCUT2D eigenvalue weighted by atomic mass is 16.7. The predicted molar refractivity (Wildman–Crippen MR) is 89.8 cm³/mol. The first-order valence-electron chi connectivity index (χ1n) is 8.26. The fraction of sp³-hybridized carbons (Fsp3) is 0.611. The van der Waals surface area contributed by atoms with Crippen molar-refractivity contribution in [1.29, 1.82) is 5.26 Å². The third kappa shape index (κ3) is 3.29. The zero-order valence-electron chi connectivity index (χ0n) is 13.9. The summed E-state index contributed by atoms with van der Waals surface area (Å²) in [4.78, 5) is 0. The van der Waals surface area contributed by atoms with Crippen LogP contribution in [0, 0.1) is 22.7 Å². The molecule has 1 saturated carbocycles. The standard InChI is InChI=1S/C18H25N3O2/c1-17(2)5-6-18(22-7-8-23-18)10-14(17)12-21-16-9-13(11-19)3-4-15(16)20/h3-4,9,14,21H,5-8,10,12,20H2,1-2H3. The van der Waals surface area contributed by atoms with Crippen molar-refractivity contribution in [2.45, 2.75) is 38.9 Å². The maximum absolute atomic E-state index is 9.04. The average Bonchev–Trinajstić information content (AvgIpc) is 2.99. The zero-order valence-corrected chi connectivity index (χ0v) is 13.9. The van der Waals surface area contributed by atoms with Gasteiger partial charge in [-0.3, -0.25) is 0 Å². The summed E-state index contributed by atoms with van der Waals surface area (Å²) in [6.07, 6.45) is 2.93. The SMILES string of the molecule is CC1(C)CCC2(CC1CNc1cc(C#N)ccc1N)OCCO2. The van der Waals surface area contributed by atoms with Crippen molar-refractivity contribution in [2.24, 2.45) is 11.3 Å². The second-order valence-corrected chi connectivity index (χ2v) is 7.29. The van der Waals surface area contributed by atoms with E-state index in [1.807, 2.05) is 6.07 Å². The number of rotatable bonds is 3. The number of nitrogens with zero attached hydrogens (tertiary/aromatic N) is 1.